The van der Waals surface area contributed by atoms with E-state index < -0.39 is 0 Å². The topological polar surface area (TPSA) is 34.4 Å². The Balaban J connectivity index is 1.73. The molecule has 0 saturated carbocycles. The van der Waals surface area contributed by atoms with E-state index in [-0.39, 0.29) is 6.04 Å². The lowest BCUT2D eigenvalue weighted by Gasteiger charge is -2.12. The Hall–Kier alpha value is -1.74. The van der Waals surface area contributed by atoms with Crippen LogP contribution >= 0.6 is 0 Å². The van der Waals surface area contributed by atoms with Crippen molar-refractivity contribution in [1.29, 1.82) is 0 Å². The maximum absolute atomic E-state index is 5.72. The highest BCUT2D eigenvalue weighted by Gasteiger charge is 2.06. The standard InChI is InChI=1S/C16H21NO2/c1-12-6-7-15(11-13(12)2)18-10-8-17-14(3)16-5-4-9-19-16/h4-7,9,11,14,17H,8,10H2,1-3H3. The van der Waals surface area contributed by atoms with Crippen molar-refractivity contribution in [2.75, 3.05) is 13.2 Å². The third-order valence-corrected chi connectivity index (χ3v) is 3.27. The van der Waals surface area contributed by atoms with Crippen LogP contribution in [0.5, 0.6) is 5.75 Å². The van der Waals surface area contributed by atoms with Gasteiger partial charge >= 0.3 is 0 Å². The SMILES string of the molecule is Cc1ccc(OCCNC(C)c2ccco2)cc1C. The summed E-state index contributed by atoms with van der Waals surface area (Å²) in [5.41, 5.74) is 2.55. The van der Waals surface area contributed by atoms with E-state index in [1.54, 1.807) is 6.26 Å². The van der Waals surface area contributed by atoms with E-state index in [0.29, 0.717) is 6.61 Å². The Morgan fingerprint density at radius 3 is 2.74 bits per heavy atom. The molecule has 2 aromatic rings. The van der Waals surface area contributed by atoms with Crippen molar-refractivity contribution in [3.8, 4) is 5.75 Å². The van der Waals surface area contributed by atoms with Crippen LogP contribution in [0.1, 0.15) is 29.9 Å². The van der Waals surface area contributed by atoms with Crippen molar-refractivity contribution in [3.63, 3.8) is 0 Å². The fourth-order valence-electron chi connectivity index (χ4n) is 1.89. The van der Waals surface area contributed by atoms with Gasteiger partial charge in [-0.25, -0.2) is 0 Å². The fraction of sp³-hybridized carbons (Fsp3) is 0.375. The number of rotatable bonds is 6. The smallest absolute Gasteiger partial charge is 0.120 e. The van der Waals surface area contributed by atoms with E-state index in [4.69, 9.17) is 9.15 Å². The first-order chi connectivity index (χ1) is 9.16. The van der Waals surface area contributed by atoms with Gasteiger partial charge in [0.1, 0.15) is 18.1 Å². The molecule has 0 spiro atoms. The second-order valence-corrected chi connectivity index (χ2v) is 4.79. The molecule has 1 heterocycles. The number of ether oxygens (including phenoxy) is 1. The van der Waals surface area contributed by atoms with Crippen LogP contribution in [-0.4, -0.2) is 13.2 Å². The highest BCUT2D eigenvalue weighted by molar-refractivity contribution is 5.33. The van der Waals surface area contributed by atoms with E-state index in [1.165, 1.54) is 11.1 Å². The Kier molecular flexibility index (Phi) is 4.63. The van der Waals surface area contributed by atoms with Crippen molar-refractivity contribution in [2.45, 2.75) is 26.8 Å². The molecule has 0 aliphatic heterocycles. The molecule has 3 nitrogen and oxygen atoms in total. The minimum atomic E-state index is 0.207. The molecule has 1 aromatic heterocycles. The summed E-state index contributed by atoms with van der Waals surface area (Å²) in [4.78, 5) is 0. The van der Waals surface area contributed by atoms with E-state index in [9.17, 15) is 0 Å². The van der Waals surface area contributed by atoms with Gasteiger partial charge in [0.05, 0.1) is 12.3 Å². The first kappa shape index (κ1) is 13.7. The molecule has 102 valence electrons. The zero-order chi connectivity index (χ0) is 13.7. The summed E-state index contributed by atoms with van der Waals surface area (Å²) < 4.78 is 11.1. The summed E-state index contributed by atoms with van der Waals surface area (Å²) in [6.45, 7) is 7.71. The Bertz CT molecular complexity index is 505. The lowest BCUT2D eigenvalue weighted by Crippen LogP contribution is -2.24. The number of hydrogen-bond donors (Lipinski definition) is 1. The summed E-state index contributed by atoms with van der Waals surface area (Å²) >= 11 is 0. The predicted molar refractivity (Wildman–Crippen MR) is 76.5 cm³/mol. The Labute approximate surface area is 114 Å². The van der Waals surface area contributed by atoms with Gasteiger partial charge in [-0.3, -0.25) is 0 Å². The third-order valence-electron chi connectivity index (χ3n) is 3.27. The molecular formula is C16H21NO2. The number of hydrogen-bond acceptors (Lipinski definition) is 3. The van der Waals surface area contributed by atoms with Crippen molar-refractivity contribution in [3.05, 3.63) is 53.5 Å². The van der Waals surface area contributed by atoms with Gasteiger partial charge in [-0.1, -0.05) is 6.07 Å². The summed E-state index contributed by atoms with van der Waals surface area (Å²) in [6, 6.07) is 10.3. The molecule has 1 aromatic carbocycles. The zero-order valence-corrected chi connectivity index (χ0v) is 11.8. The van der Waals surface area contributed by atoms with Crippen LogP contribution in [0.4, 0.5) is 0 Å². The van der Waals surface area contributed by atoms with Gasteiger partial charge in [0.2, 0.25) is 0 Å². The molecule has 0 bridgehead atoms. The Morgan fingerprint density at radius 1 is 1.21 bits per heavy atom. The van der Waals surface area contributed by atoms with E-state index in [1.807, 2.05) is 18.2 Å². The molecule has 0 aliphatic carbocycles. The summed E-state index contributed by atoms with van der Waals surface area (Å²) in [6.07, 6.45) is 1.69. The average molecular weight is 259 g/mol. The first-order valence-corrected chi connectivity index (χ1v) is 6.63. The summed E-state index contributed by atoms with van der Waals surface area (Å²) in [5, 5.41) is 3.36. The average Bonchev–Trinajstić information content (AvgIpc) is 2.92. The molecule has 1 unspecified atom stereocenters. The number of furan rings is 1. The summed E-state index contributed by atoms with van der Waals surface area (Å²) in [7, 11) is 0. The molecule has 0 fully saturated rings. The quantitative estimate of drug-likeness (QED) is 0.804. The molecule has 2 rings (SSSR count). The molecule has 0 amide bonds. The van der Waals surface area contributed by atoms with Crippen LogP contribution in [-0.2, 0) is 0 Å². The number of benzene rings is 1. The van der Waals surface area contributed by atoms with Gasteiger partial charge in [-0.05, 0) is 56.2 Å². The Morgan fingerprint density at radius 2 is 2.05 bits per heavy atom. The van der Waals surface area contributed by atoms with Gasteiger partial charge in [0.15, 0.2) is 0 Å². The molecule has 0 saturated heterocycles. The van der Waals surface area contributed by atoms with Gasteiger partial charge in [-0.15, -0.1) is 0 Å². The lowest BCUT2D eigenvalue weighted by atomic mass is 10.1. The van der Waals surface area contributed by atoms with E-state index >= 15 is 0 Å². The monoisotopic (exact) mass is 259 g/mol. The number of aryl methyl sites for hydroxylation is 2. The molecule has 3 heteroatoms. The highest BCUT2D eigenvalue weighted by atomic mass is 16.5. The normalized spacial score (nSPS) is 12.4. The van der Waals surface area contributed by atoms with Crippen molar-refractivity contribution >= 4 is 0 Å². The van der Waals surface area contributed by atoms with Gasteiger partial charge in [0, 0.05) is 6.54 Å². The molecular weight excluding hydrogens is 238 g/mol. The van der Waals surface area contributed by atoms with Crippen molar-refractivity contribution < 1.29 is 9.15 Å². The van der Waals surface area contributed by atoms with Crippen molar-refractivity contribution in [1.82, 2.24) is 5.32 Å². The van der Waals surface area contributed by atoms with Gasteiger partial charge in [-0.2, -0.15) is 0 Å². The van der Waals surface area contributed by atoms with Gasteiger partial charge < -0.3 is 14.5 Å². The molecule has 1 N–H and O–H groups in total. The second-order valence-electron chi connectivity index (χ2n) is 4.79. The van der Waals surface area contributed by atoms with E-state index in [0.717, 1.165) is 18.1 Å². The third kappa shape index (κ3) is 3.86. The lowest BCUT2D eigenvalue weighted by molar-refractivity contribution is 0.301. The van der Waals surface area contributed by atoms with Crippen LogP contribution in [0.3, 0.4) is 0 Å². The van der Waals surface area contributed by atoms with Crippen LogP contribution in [0.2, 0.25) is 0 Å². The molecule has 0 aliphatic rings. The summed E-state index contributed by atoms with van der Waals surface area (Å²) in [5.74, 6) is 1.88. The fourth-order valence-corrected chi connectivity index (χ4v) is 1.89. The minimum Gasteiger partial charge on any atom is -0.492 e. The molecule has 0 radical (unpaired) electrons. The predicted octanol–water partition coefficient (Wildman–Crippen LogP) is 3.63. The van der Waals surface area contributed by atoms with E-state index in [2.05, 4.69) is 38.2 Å². The van der Waals surface area contributed by atoms with Crippen LogP contribution in [0.15, 0.2) is 41.0 Å². The van der Waals surface area contributed by atoms with Crippen LogP contribution in [0.25, 0.3) is 0 Å². The largest absolute Gasteiger partial charge is 0.492 e. The van der Waals surface area contributed by atoms with Crippen LogP contribution in [0, 0.1) is 13.8 Å². The highest BCUT2D eigenvalue weighted by Crippen LogP contribution is 2.16. The first-order valence-electron chi connectivity index (χ1n) is 6.63. The zero-order valence-electron chi connectivity index (χ0n) is 11.8. The van der Waals surface area contributed by atoms with Crippen molar-refractivity contribution in [2.24, 2.45) is 0 Å². The van der Waals surface area contributed by atoms with Gasteiger partial charge in [0.25, 0.3) is 0 Å². The number of nitrogens with one attached hydrogen (secondary N) is 1. The second kappa shape index (κ2) is 6.43. The maximum atomic E-state index is 5.72. The molecule has 19 heavy (non-hydrogen) atoms. The minimum absolute atomic E-state index is 0.207. The molecule has 1 atom stereocenters. The maximum Gasteiger partial charge on any atom is 0.120 e. The van der Waals surface area contributed by atoms with Crippen LogP contribution < -0.4 is 10.1 Å².